The zero-order valence-electron chi connectivity index (χ0n) is 27.3. The fraction of sp³-hybridized carbons (Fsp3) is 0.314. The first-order valence-corrected chi connectivity index (χ1v) is 15.8. The first kappa shape index (κ1) is 43.0. The predicted octanol–water partition coefficient (Wildman–Crippen LogP) is 5.08. The summed E-state index contributed by atoms with van der Waals surface area (Å²) in [6, 6.07) is 14.8. The molecule has 4 aromatic rings. The lowest BCUT2D eigenvalue weighted by Crippen LogP contribution is -2.27. The van der Waals surface area contributed by atoms with Gasteiger partial charge >= 0.3 is 11.9 Å². The molecule has 0 saturated carbocycles. The molecule has 2 heterocycles. The van der Waals surface area contributed by atoms with Gasteiger partial charge in [-0.2, -0.15) is 0 Å². The summed E-state index contributed by atoms with van der Waals surface area (Å²) in [6.07, 6.45) is 3.72. The molecule has 4 rings (SSSR count). The summed E-state index contributed by atoms with van der Waals surface area (Å²) in [5, 5.41) is 9.83. The van der Waals surface area contributed by atoms with Crippen LogP contribution in [0, 0.1) is 5.41 Å². The molecule has 268 valence electrons. The van der Waals surface area contributed by atoms with Crippen LogP contribution in [-0.2, 0) is 46.2 Å². The van der Waals surface area contributed by atoms with E-state index >= 15 is 0 Å². The fourth-order valence-electron chi connectivity index (χ4n) is 3.95. The minimum atomic E-state index is -0.716. The first-order chi connectivity index (χ1) is 23.4. The largest absolute Gasteiger partial charge is 0.473 e. The molecular formula is C35H42Cl2N6O7. The van der Waals surface area contributed by atoms with Crippen molar-refractivity contribution in [2.45, 2.75) is 41.0 Å². The van der Waals surface area contributed by atoms with Gasteiger partial charge in [-0.25, -0.2) is 9.59 Å². The third kappa shape index (κ3) is 15.1. The highest BCUT2D eigenvalue weighted by Gasteiger charge is 2.11. The van der Waals surface area contributed by atoms with Crippen LogP contribution in [0.2, 0.25) is 10.0 Å². The summed E-state index contributed by atoms with van der Waals surface area (Å²) in [6.45, 7) is 5.74. The average Bonchev–Trinajstić information content (AvgIpc) is 3.07. The third-order valence-corrected chi connectivity index (χ3v) is 6.53. The van der Waals surface area contributed by atoms with E-state index in [1.54, 1.807) is 39.2 Å². The number of nitrogens with two attached hydrogens (primary N) is 2. The molecule has 0 aliphatic heterocycles. The number of benzene rings is 2. The zero-order valence-corrected chi connectivity index (χ0v) is 28.8. The molecule has 15 heteroatoms. The molecule has 0 aliphatic carbocycles. The van der Waals surface area contributed by atoms with E-state index < -0.39 is 17.8 Å². The SMILES string of the molecule is C.CCOC(=N)C(=O)OCC.CCOC(=O)C(N)=NCC(=O)Cc1ccc2ncc(Cl)cc2c1.NCC(=O)Cc1ccc2ncc(Cl)cc2c1. The molecule has 13 nitrogen and oxygen atoms in total. The molecule has 0 spiro atoms. The number of halogens is 2. The van der Waals surface area contributed by atoms with Crippen molar-refractivity contribution in [3.63, 3.8) is 0 Å². The van der Waals surface area contributed by atoms with E-state index in [0.717, 1.165) is 32.9 Å². The molecule has 0 saturated heterocycles. The van der Waals surface area contributed by atoms with Crippen LogP contribution in [0.4, 0.5) is 0 Å². The van der Waals surface area contributed by atoms with E-state index in [1.807, 2.05) is 42.5 Å². The number of carbonyl (C=O) groups is 4. The molecule has 0 radical (unpaired) electrons. The maximum Gasteiger partial charge on any atom is 0.393 e. The van der Waals surface area contributed by atoms with Gasteiger partial charge in [-0.05, 0) is 68.3 Å². The van der Waals surface area contributed by atoms with Crippen molar-refractivity contribution in [3.05, 3.63) is 82.1 Å². The van der Waals surface area contributed by atoms with Crippen molar-refractivity contribution in [1.82, 2.24) is 9.97 Å². The molecule has 0 bridgehead atoms. The second kappa shape index (κ2) is 22.6. The van der Waals surface area contributed by atoms with Crippen molar-refractivity contribution >= 4 is 80.2 Å². The number of amidine groups is 1. The quantitative estimate of drug-likeness (QED) is 0.111. The minimum Gasteiger partial charge on any atom is -0.473 e. The number of aliphatic imine (C=N–C) groups is 1. The molecule has 0 fully saturated rings. The molecule has 0 atom stereocenters. The number of fused-ring (bicyclic) bond motifs is 2. The average molecular weight is 730 g/mol. The number of pyridine rings is 2. The van der Waals surface area contributed by atoms with Crippen molar-refractivity contribution in [1.29, 1.82) is 5.41 Å². The smallest absolute Gasteiger partial charge is 0.393 e. The van der Waals surface area contributed by atoms with Crippen molar-refractivity contribution in [3.8, 4) is 0 Å². The molecule has 2 aromatic carbocycles. The number of ketones is 2. The van der Waals surface area contributed by atoms with Gasteiger partial charge in [0.25, 0.3) is 5.90 Å². The number of nitrogens with zero attached hydrogens (tertiary/aromatic N) is 3. The number of nitrogens with one attached hydrogen (secondary N) is 1. The monoisotopic (exact) mass is 728 g/mol. The van der Waals surface area contributed by atoms with Crippen LogP contribution in [0.15, 0.2) is 65.9 Å². The van der Waals surface area contributed by atoms with Gasteiger partial charge in [0, 0.05) is 36.0 Å². The lowest BCUT2D eigenvalue weighted by Gasteiger charge is -2.03. The van der Waals surface area contributed by atoms with Gasteiger partial charge in [0.05, 0.1) is 47.4 Å². The van der Waals surface area contributed by atoms with Gasteiger partial charge < -0.3 is 25.7 Å². The summed E-state index contributed by atoms with van der Waals surface area (Å²) in [5.41, 5.74) is 14.1. The molecule has 0 aliphatic rings. The van der Waals surface area contributed by atoms with Gasteiger partial charge in [-0.3, -0.25) is 30.0 Å². The van der Waals surface area contributed by atoms with Crippen LogP contribution in [0.3, 0.4) is 0 Å². The maximum atomic E-state index is 11.9. The number of hydrogen-bond donors (Lipinski definition) is 3. The van der Waals surface area contributed by atoms with Crippen LogP contribution in [0.5, 0.6) is 0 Å². The van der Waals surface area contributed by atoms with E-state index in [0.29, 0.717) is 23.1 Å². The standard InChI is InChI=1S/C16H16ClN3O3.C12H11ClN2O.C6H11NO3.CH4/c1-2-23-16(22)15(18)20-9-13(21)6-10-3-4-14-11(5-10)7-12(17)8-19-14;13-10-5-9-3-8(4-11(16)6-14)1-2-12(9)15-7-10;1-3-9-5(7)6(8)10-4-2;/h3-5,7-8H,2,6,9H2,1H3,(H2,18,20);1-3,5,7H,4,6,14H2;7H,3-4H2,1-2H3;1H4. The predicted molar refractivity (Wildman–Crippen MR) is 196 cm³/mol. The topological polar surface area (TPSA) is 210 Å². The van der Waals surface area contributed by atoms with Gasteiger partial charge in [0.15, 0.2) is 11.6 Å². The number of esters is 2. The van der Waals surface area contributed by atoms with Crippen molar-refractivity contribution in [2.75, 3.05) is 32.9 Å². The number of aromatic nitrogens is 2. The van der Waals surface area contributed by atoms with Crippen LogP contribution in [0.1, 0.15) is 39.3 Å². The second-order valence-electron chi connectivity index (χ2n) is 9.90. The summed E-state index contributed by atoms with van der Waals surface area (Å²) in [5.74, 6) is -2.28. The molecule has 50 heavy (non-hydrogen) atoms. The maximum absolute atomic E-state index is 11.9. The highest BCUT2D eigenvalue weighted by atomic mass is 35.5. The van der Waals surface area contributed by atoms with Crippen LogP contribution in [-0.4, -0.2) is 78.1 Å². The lowest BCUT2D eigenvalue weighted by molar-refractivity contribution is -0.137. The lowest BCUT2D eigenvalue weighted by atomic mass is 10.1. The number of hydrogen-bond acceptors (Lipinski definition) is 12. The summed E-state index contributed by atoms with van der Waals surface area (Å²) < 4.78 is 13.7. The van der Waals surface area contributed by atoms with Crippen LogP contribution in [0.25, 0.3) is 21.8 Å². The summed E-state index contributed by atoms with van der Waals surface area (Å²) >= 11 is 11.8. The first-order valence-electron chi connectivity index (χ1n) is 15.1. The third-order valence-electron chi connectivity index (χ3n) is 6.11. The molecule has 5 N–H and O–H groups in total. The van der Waals surface area contributed by atoms with Gasteiger partial charge in [-0.15, -0.1) is 0 Å². The van der Waals surface area contributed by atoms with Gasteiger partial charge in [0.1, 0.15) is 6.54 Å². The Balaban J connectivity index is 0.000000403. The Labute approximate surface area is 300 Å². The Morgan fingerprint density at radius 1 is 0.740 bits per heavy atom. The van der Waals surface area contributed by atoms with E-state index in [2.05, 4.69) is 29.2 Å². The number of Topliss-reactive ketones (excluding diaryl/α,β-unsaturated/α-hetero) is 2. The molecule has 0 amide bonds. The molecule has 0 unspecified atom stereocenters. The summed E-state index contributed by atoms with van der Waals surface area (Å²) in [4.78, 5) is 57.1. The highest BCUT2D eigenvalue weighted by molar-refractivity contribution is 6.35. The normalized spacial score (nSPS) is 10.4. The van der Waals surface area contributed by atoms with Crippen molar-refractivity contribution in [2.24, 2.45) is 16.5 Å². The van der Waals surface area contributed by atoms with E-state index in [-0.39, 0.29) is 57.6 Å². The Morgan fingerprint density at radius 2 is 1.20 bits per heavy atom. The van der Waals surface area contributed by atoms with Gasteiger partial charge in [0.2, 0.25) is 5.84 Å². The summed E-state index contributed by atoms with van der Waals surface area (Å²) in [7, 11) is 0. The number of ether oxygens (including phenoxy) is 3. The molecular weight excluding hydrogens is 687 g/mol. The zero-order chi connectivity index (χ0) is 36.3. The Morgan fingerprint density at radius 3 is 1.66 bits per heavy atom. The van der Waals surface area contributed by atoms with Crippen LogP contribution >= 0.6 is 23.2 Å². The van der Waals surface area contributed by atoms with E-state index in [1.165, 1.54) is 0 Å². The minimum absolute atomic E-state index is 0. The Hall–Kier alpha value is -4.98. The van der Waals surface area contributed by atoms with Crippen molar-refractivity contribution < 1.29 is 33.4 Å². The number of carbonyl (C=O) groups excluding carboxylic acids is 4. The highest BCUT2D eigenvalue weighted by Crippen LogP contribution is 2.19. The van der Waals surface area contributed by atoms with Crippen LogP contribution < -0.4 is 11.5 Å². The van der Waals surface area contributed by atoms with E-state index in [9.17, 15) is 19.2 Å². The Bertz CT molecular complexity index is 1800. The fourth-order valence-corrected chi connectivity index (χ4v) is 4.29. The van der Waals surface area contributed by atoms with E-state index in [4.69, 9.17) is 40.1 Å². The molecule has 2 aromatic heterocycles. The second-order valence-corrected chi connectivity index (χ2v) is 10.8. The number of rotatable bonds is 10. The van der Waals surface area contributed by atoms with Gasteiger partial charge in [-0.1, -0.05) is 42.8 Å². The Kier molecular flexibility index (Phi) is 19.5.